The molecular formula is C25H19F3N2O2. The molecular weight excluding hydrogens is 417 g/mol. The molecule has 0 saturated heterocycles. The van der Waals surface area contributed by atoms with Crippen molar-refractivity contribution in [2.45, 2.75) is 13.1 Å². The molecule has 0 bridgehead atoms. The Labute approximate surface area is 182 Å². The zero-order chi connectivity index (χ0) is 22.9. The predicted molar refractivity (Wildman–Crippen MR) is 119 cm³/mol. The van der Waals surface area contributed by atoms with E-state index in [1.165, 1.54) is 12.1 Å². The third-order valence-electron chi connectivity index (χ3n) is 5.15. The van der Waals surface area contributed by atoms with E-state index in [2.05, 4.69) is 10.3 Å². The lowest BCUT2D eigenvalue weighted by molar-refractivity contribution is -0.137. The lowest BCUT2D eigenvalue weighted by atomic mass is 9.99. The Balaban J connectivity index is 1.78. The van der Waals surface area contributed by atoms with E-state index in [0.717, 1.165) is 35.5 Å². The minimum atomic E-state index is -4.57. The van der Waals surface area contributed by atoms with Crippen molar-refractivity contribution in [3.05, 3.63) is 83.9 Å². The van der Waals surface area contributed by atoms with Crippen LogP contribution in [0.15, 0.2) is 72.8 Å². The highest BCUT2D eigenvalue weighted by molar-refractivity contribution is 6.04. The summed E-state index contributed by atoms with van der Waals surface area (Å²) in [5.41, 5.74) is 3.09. The van der Waals surface area contributed by atoms with Gasteiger partial charge in [0.1, 0.15) is 0 Å². The van der Waals surface area contributed by atoms with Gasteiger partial charge in [-0.2, -0.15) is 13.2 Å². The van der Waals surface area contributed by atoms with Gasteiger partial charge in [0.25, 0.3) is 0 Å². The van der Waals surface area contributed by atoms with Crippen LogP contribution in [0, 0.1) is 0 Å². The fourth-order valence-electron chi connectivity index (χ4n) is 3.63. The molecule has 2 N–H and O–H groups in total. The maximum Gasteiger partial charge on any atom is 0.416 e. The third kappa shape index (κ3) is 4.14. The van der Waals surface area contributed by atoms with Gasteiger partial charge in [-0.05, 0) is 42.8 Å². The number of rotatable bonds is 5. The van der Waals surface area contributed by atoms with Crippen LogP contribution in [0.1, 0.15) is 22.8 Å². The molecule has 0 radical (unpaired) electrons. The number of nitrogens with one attached hydrogen (secondary N) is 1. The molecule has 0 fully saturated rings. The minimum Gasteiger partial charge on any atom is -0.478 e. The van der Waals surface area contributed by atoms with Gasteiger partial charge in [-0.3, -0.25) is 0 Å². The van der Waals surface area contributed by atoms with Gasteiger partial charge in [0.05, 0.1) is 22.3 Å². The van der Waals surface area contributed by atoms with Crippen molar-refractivity contribution in [1.29, 1.82) is 0 Å². The van der Waals surface area contributed by atoms with Gasteiger partial charge in [-0.25, -0.2) is 9.78 Å². The van der Waals surface area contributed by atoms with Crippen LogP contribution >= 0.6 is 0 Å². The molecule has 3 aromatic carbocycles. The topological polar surface area (TPSA) is 62.2 Å². The summed E-state index contributed by atoms with van der Waals surface area (Å²) in [6.45, 7) is 2.80. The summed E-state index contributed by atoms with van der Waals surface area (Å²) in [5.74, 6) is -1.31. The van der Waals surface area contributed by atoms with Gasteiger partial charge in [0, 0.05) is 28.7 Å². The van der Waals surface area contributed by atoms with E-state index in [1.54, 1.807) is 0 Å². The average molecular weight is 436 g/mol. The number of benzene rings is 3. The minimum absolute atomic E-state index is 0.0488. The van der Waals surface area contributed by atoms with Gasteiger partial charge in [0.2, 0.25) is 0 Å². The summed E-state index contributed by atoms with van der Waals surface area (Å²) in [7, 11) is 0. The van der Waals surface area contributed by atoms with E-state index < -0.39 is 17.7 Å². The number of fused-ring (bicyclic) bond motifs is 1. The molecule has 0 atom stereocenters. The smallest absolute Gasteiger partial charge is 0.416 e. The number of aromatic nitrogens is 1. The molecule has 4 rings (SSSR count). The number of carbonyl (C=O) groups is 1. The standard InChI is InChI=1S/C25H19F3N2O2/c1-2-29-21-6-4-3-5-18(21)15-7-9-16(10-8-15)23-14-20(24(31)32)19-13-17(25(26,27)28)11-12-22(19)30-23/h3-14,29H,2H2,1H3,(H,31,32). The number of anilines is 1. The van der Waals surface area contributed by atoms with Crippen molar-refractivity contribution in [1.82, 2.24) is 4.98 Å². The summed E-state index contributed by atoms with van der Waals surface area (Å²) in [5, 5.41) is 12.9. The maximum absolute atomic E-state index is 13.1. The van der Waals surface area contributed by atoms with E-state index >= 15 is 0 Å². The van der Waals surface area contributed by atoms with Crippen LogP contribution < -0.4 is 5.32 Å². The number of carboxylic acids is 1. The van der Waals surface area contributed by atoms with Gasteiger partial charge >= 0.3 is 12.1 Å². The highest BCUT2D eigenvalue weighted by atomic mass is 19.4. The fraction of sp³-hybridized carbons (Fsp3) is 0.120. The monoisotopic (exact) mass is 436 g/mol. The van der Waals surface area contributed by atoms with Crippen LogP contribution in [0.4, 0.5) is 18.9 Å². The molecule has 0 amide bonds. The summed E-state index contributed by atoms with van der Waals surface area (Å²) in [4.78, 5) is 16.2. The number of carboxylic acid groups (broad SMARTS) is 1. The van der Waals surface area contributed by atoms with Crippen molar-refractivity contribution < 1.29 is 23.1 Å². The Morgan fingerprint density at radius 1 is 0.969 bits per heavy atom. The lowest BCUT2D eigenvalue weighted by Crippen LogP contribution is -2.06. The Morgan fingerprint density at radius 2 is 1.66 bits per heavy atom. The molecule has 0 spiro atoms. The second-order valence-corrected chi connectivity index (χ2v) is 7.24. The Morgan fingerprint density at radius 3 is 2.31 bits per heavy atom. The Bertz CT molecular complexity index is 1300. The number of aromatic carboxylic acids is 1. The number of hydrogen-bond donors (Lipinski definition) is 2. The van der Waals surface area contributed by atoms with Crippen molar-refractivity contribution >= 4 is 22.6 Å². The summed E-state index contributed by atoms with van der Waals surface area (Å²) >= 11 is 0. The Hall–Kier alpha value is -3.87. The van der Waals surface area contributed by atoms with Crippen LogP contribution in [0.25, 0.3) is 33.3 Å². The van der Waals surface area contributed by atoms with Crippen LogP contribution in [0.2, 0.25) is 0 Å². The van der Waals surface area contributed by atoms with Crippen LogP contribution in [0.5, 0.6) is 0 Å². The first-order valence-corrected chi connectivity index (χ1v) is 9.97. The second-order valence-electron chi connectivity index (χ2n) is 7.24. The molecule has 32 heavy (non-hydrogen) atoms. The fourth-order valence-corrected chi connectivity index (χ4v) is 3.63. The van der Waals surface area contributed by atoms with Crippen molar-refractivity contribution in [2.24, 2.45) is 0 Å². The molecule has 0 aliphatic carbocycles. The summed E-state index contributed by atoms with van der Waals surface area (Å²) in [6.07, 6.45) is -4.57. The average Bonchev–Trinajstić information content (AvgIpc) is 2.78. The van der Waals surface area contributed by atoms with Crippen molar-refractivity contribution in [3.8, 4) is 22.4 Å². The van der Waals surface area contributed by atoms with E-state index in [0.29, 0.717) is 11.3 Å². The molecule has 0 saturated carbocycles. The predicted octanol–water partition coefficient (Wildman–Crippen LogP) is 6.72. The summed E-state index contributed by atoms with van der Waals surface area (Å²) in [6, 6.07) is 19.6. The molecule has 0 aliphatic rings. The van der Waals surface area contributed by atoms with Gasteiger partial charge in [0.15, 0.2) is 0 Å². The number of para-hydroxylation sites is 1. The molecule has 4 nitrogen and oxygen atoms in total. The highest BCUT2D eigenvalue weighted by Gasteiger charge is 2.31. The van der Waals surface area contributed by atoms with Crippen molar-refractivity contribution in [3.63, 3.8) is 0 Å². The molecule has 7 heteroatoms. The molecule has 0 unspecified atom stereocenters. The van der Waals surface area contributed by atoms with E-state index in [1.807, 2.05) is 55.5 Å². The molecule has 0 aliphatic heterocycles. The van der Waals surface area contributed by atoms with Gasteiger partial charge in [-0.1, -0.05) is 42.5 Å². The largest absolute Gasteiger partial charge is 0.478 e. The number of halogens is 3. The molecule has 162 valence electrons. The number of alkyl halides is 3. The highest BCUT2D eigenvalue weighted by Crippen LogP contribution is 2.34. The SMILES string of the molecule is CCNc1ccccc1-c1ccc(-c2cc(C(=O)O)c3cc(C(F)(F)F)ccc3n2)cc1. The first kappa shape index (κ1) is 21.4. The van der Waals surface area contributed by atoms with Crippen LogP contribution in [0.3, 0.4) is 0 Å². The van der Waals surface area contributed by atoms with Gasteiger partial charge in [-0.15, -0.1) is 0 Å². The maximum atomic E-state index is 13.1. The van der Waals surface area contributed by atoms with E-state index in [-0.39, 0.29) is 16.5 Å². The molecule has 4 aromatic rings. The van der Waals surface area contributed by atoms with E-state index in [9.17, 15) is 23.1 Å². The van der Waals surface area contributed by atoms with Crippen LogP contribution in [-0.2, 0) is 6.18 Å². The molecule has 1 aromatic heterocycles. The van der Waals surface area contributed by atoms with E-state index in [4.69, 9.17) is 0 Å². The zero-order valence-electron chi connectivity index (χ0n) is 17.1. The van der Waals surface area contributed by atoms with Gasteiger partial charge < -0.3 is 10.4 Å². The number of nitrogens with zero attached hydrogens (tertiary/aromatic N) is 1. The number of hydrogen-bond acceptors (Lipinski definition) is 3. The Kier molecular flexibility index (Phi) is 5.57. The molecule has 1 heterocycles. The quantitative estimate of drug-likeness (QED) is 0.365. The zero-order valence-corrected chi connectivity index (χ0v) is 17.1. The first-order valence-electron chi connectivity index (χ1n) is 9.97. The van der Waals surface area contributed by atoms with Crippen LogP contribution in [-0.4, -0.2) is 22.6 Å². The first-order chi connectivity index (χ1) is 15.3. The lowest BCUT2D eigenvalue weighted by Gasteiger charge is -2.12. The van der Waals surface area contributed by atoms with Crippen molar-refractivity contribution in [2.75, 3.05) is 11.9 Å². The third-order valence-corrected chi connectivity index (χ3v) is 5.15. The second kappa shape index (κ2) is 8.34. The number of pyridine rings is 1. The normalized spacial score (nSPS) is 11.5. The summed E-state index contributed by atoms with van der Waals surface area (Å²) < 4.78 is 39.2.